The maximum atomic E-state index is 14.2. The average molecular weight is 430 g/mol. The zero-order chi connectivity index (χ0) is 19.4. The largest absolute Gasteiger partial charge is 0.491 e. The molecule has 0 bridgehead atoms. The number of aromatic nitrogens is 2. The van der Waals surface area contributed by atoms with Gasteiger partial charge in [-0.2, -0.15) is 0 Å². The Balaban J connectivity index is 2.09. The number of halogens is 2. The second-order valence-corrected chi connectivity index (χ2v) is 6.29. The Morgan fingerprint density at radius 1 is 1.26 bits per heavy atom. The van der Waals surface area contributed by atoms with Crippen LogP contribution in [-0.4, -0.2) is 22.5 Å². The molecule has 0 aliphatic carbocycles. The van der Waals surface area contributed by atoms with Crippen molar-refractivity contribution in [2.24, 2.45) is 0 Å². The van der Waals surface area contributed by atoms with E-state index in [1.807, 2.05) is 0 Å². The number of ether oxygens (including phenoxy) is 1. The lowest BCUT2D eigenvalue weighted by Gasteiger charge is -2.14. The molecule has 0 aliphatic heterocycles. The maximum Gasteiger partial charge on any atom is 0.247 e. The van der Waals surface area contributed by atoms with Gasteiger partial charge in [0.15, 0.2) is 0 Å². The van der Waals surface area contributed by atoms with Gasteiger partial charge in [-0.15, -0.1) is 0 Å². The van der Waals surface area contributed by atoms with E-state index in [0.717, 1.165) is 6.08 Å². The number of carbonyl (C=O) groups is 1. The molecule has 2 N–H and O–H groups in total. The fourth-order valence-electron chi connectivity index (χ4n) is 2.41. The molecule has 1 radical (unpaired) electrons. The van der Waals surface area contributed by atoms with Crippen LogP contribution in [0.1, 0.15) is 0 Å². The highest BCUT2D eigenvalue weighted by molar-refractivity contribution is 9.10. The van der Waals surface area contributed by atoms with Crippen LogP contribution in [-0.2, 0) is 4.79 Å². The highest BCUT2D eigenvalue weighted by atomic mass is 79.9. The third-order valence-corrected chi connectivity index (χ3v) is 4.11. The Bertz CT molecular complexity index is 1030. The lowest BCUT2D eigenvalue weighted by molar-refractivity contribution is -0.111. The van der Waals surface area contributed by atoms with E-state index in [1.54, 1.807) is 24.3 Å². The molecule has 137 valence electrons. The maximum absolute atomic E-state index is 14.2. The highest BCUT2D eigenvalue weighted by Crippen LogP contribution is 2.34. The van der Waals surface area contributed by atoms with Gasteiger partial charge in [0.2, 0.25) is 5.91 Å². The van der Waals surface area contributed by atoms with Crippen molar-refractivity contribution in [1.29, 1.82) is 0 Å². The molecule has 0 fully saturated rings. The molecule has 0 saturated heterocycles. The molecule has 0 unspecified atom stereocenters. The zero-order valence-corrected chi connectivity index (χ0v) is 15.7. The SMILES string of the molecule is [CH2]COc1cc2ncnc(Nc3ccc(Br)cc3F)c2cc1NC(=O)C=C. The molecule has 3 aromatic rings. The summed E-state index contributed by atoms with van der Waals surface area (Å²) in [7, 11) is 0. The number of benzene rings is 2. The van der Waals surface area contributed by atoms with Crippen molar-refractivity contribution in [3.63, 3.8) is 0 Å². The van der Waals surface area contributed by atoms with E-state index in [2.05, 4.69) is 50.0 Å². The number of fused-ring (bicyclic) bond motifs is 1. The molecule has 2 aromatic carbocycles. The molecule has 27 heavy (non-hydrogen) atoms. The van der Waals surface area contributed by atoms with Crippen LogP contribution in [0.4, 0.5) is 21.6 Å². The summed E-state index contributed by atoms with van der Waals surface area (Å²) in [4.78, 5) is 20.1. The summed E-state index contributed by atoms with van der Waals surface area (Å²) >= 11 is 3.22. The Labute approximate surface area is 163 Å². The van der Waals surface area contributed by atoms with E-state index >= 15 is 0 Å². The fourth-order valence-corrected chi connectivity index (χ4v) is 2.75. The summed E-state index contributed by atoms with van der Waals surface area (Å²) in [6.45, 7) is 7.25. The predicted molar refractivity (Wildman–Crippen MR) is 107 cm³/mol. The van der Waals surface area contributed by atoms with Crippen LogP contribution in [0, 0.1) is 12.7 Å². The van der Waals surface area contributed by atoms with Gasteiger partial charge in [0.05, 0.1) is 23.5 Å². The molecular formula is C19H15BrFN4O2. The van der Waals surface area contributed by atoms with Crippen molar-refractivity contribution >= 4 is 49.9 Å². The molecule has 1 aromatic heterocycles. The summed E-state index contributed by atoms with van der Waals surface area (Å²) in [5.74, 6) is -0.0365. The van der Waals surface area contributed by atoms with Crippen molar-refractivity contribution in [3.8, 4) is 5.75 Å². The molecular weight excluding hydrogens is 415 g/mol. The van der Waals surface area contributed by atoms with Crippen LogP contribution in [0.5, 0.6) is 5.75 Å². The predicted octanol–water partition coefficient (Wildman–Crippen LogP) is 4.61. The Kier molecular flexibility index (Phi) is 5.66. The van der Waals surface area contributed by atoms with E-state index in [4.69, 9.17) is 4.74 Å². The molecule has 8 heteroatoms. The van der Waals surface area contributed by atoms with Crippen LogP contribution in [0.2, 0.25) is 0 Å². The minimum atomic E-state index is -0.437. The zero-order valence-electron chi connectivity index (χ0n) is 14.1. The van der Waals surface area contributed by atoms with E-state index in [9.17, 15) is 9.18 Å². The highest BCUT2D eigenvalue weighted by Gasteiger charge is 2.13. The minimum Gasteiger partial charge on any atom is -0.491 e. The lowest BCUT2D eigenvalue weighted by atomic mass is 10.1. The van der Waals surface area contributed by atoms with Gasteiger partial charge in [0.25, 0.3) is 0 Å². The number of nitrogens with zero attached hydrogens (tertiary/aromatic N) is 2. The molecule has 0 saturated carbocycles. The van der Waals surface area contributed by atoms with Gasteiger partial charge < -0.3 is 15.4 Å². The first-order valence-electron chi connectivity index (χ1n) is 7.88. The van der Waals surface area contributed by atoms with Gasteiger partial charge in [-0.3, -0.25) is 4.79 Å². The Morgan fingerprint density at radius 3 is 2.78 bits per heavy atom. The number of amides is 1. The summed E-state index contributed by atoms with van der Waals surface area (Å²) < 4.78 is 20.3. The first kappa shape index (κ1) is 18.8. The Hall–Kier alpha value is -3.00. The molecule has 1 heterocycles. The number of hydrogen-bond donors (Lipinski definition) is 2. The van der Waals surface area contributed by atoms with Crippen LogP contribution in [0.3, 0.4) is 0 Å². The first-order valence-corrected chi connectivity index (χ1v) is 8.67. The number of hydrogen-bond acceptors (Lipinski definition) is 5. The number of carbonyl (C=O) groups excluding carboxylic acids is 1. The van der Waals surface area contributed by atoms with Crippen LogP contribution >= 0.6 is 15.9 Å². The topological polar surface area (TPSA) is 76.1 Å². The van der Waals surface area contributed by atoms with Gasteiger partial charge >= 0.3 is 0 Å². The smallest absolute Gasteiger partial charge is 0.247 e. The minimum absolute atomic E-state index is 0.169. The molecule has 6 nitrogen and oxygen atoms in total. The third kappa shape index (κ3) is 4.22. The standard InChI is InChI=1S/C19H15BrFN4O2/c1-3-18(26)24-16-8-12-15(9-17(16)27-4-2)22-10-23-19(12)25-14-6-5-11(20)7-13(14)21/h3,5-10H,1-2,4H2,(H,24,26)(H,22,23,25). The number of nitrogens with one attached hydrogen (secondary N) is 2. The second kappa shape index (κ2) is 8.13. The van der Waals surface area contributed by atoms with Gasteiger partial charge in [0, 0.05) is 15.9 Å². The average Bonchev–Trinajstić information content (AvgIpc) is 2.65. The first-order chi connectivity index (χ1) is 13.0. The fraction of sp³-hybridized carbons (Fsp3) is 0.0526. The normalized spacial score (nSPS) is 10.5. The molecule has 1 amide bonds. The Morgan fingerprint density at radius 2 is 2.07 bits per heavy atom. The van der Waals surface area contributed by atoms with Crippen LogP contribution in [0.15, 0.2) is 53.8 Å². The van der Waals surface area contributed by atoms with E-state index in [1.165, 1.54) is 12.4 Å². The number of rotatable bonds is 6. The van der Waals surface area contributed by atoms with Crippen molar-refractivity contribution in [2.75, 3.05) is 17.2 Å². The van der Waals surface area contributed by atoms with Crippen molar-refractivity contribution in [2.45, 2.75) is 0 Å². The van der Waals surface area contributed by atoms with Crippen molar-refractivity contribution in [3.05, 3.63) is 66.5 Å². The third-order valence-electron chi connectivity index (χ3n) is 3.62. The molecule has 0 aliphatic rings. The van der Waals surface area contributed by atoms with Crippen LogP contribution in [0.25, 0.3) is 10.9 Å². The molecule has 3 rings (SSSR count). The number of anilines is 3. The van der Waals surface area contributed by atoms with Gasteiger partial charge in [-0.05, 0) is 37.3 Å². The monoisotopic (exact) mass is 429 g/mol. The lowest BCUT2D eigenvalue weighted by Crippen LogP contribution is -2.09. The van der Waals surface area contributed by atoms with E-state index in [0.29, 0.717) is 32.6 Å². The van der Waals surface area contributed by atoms with Crippen molar-refractivity contribution < 1.29 is 13.9 Å². The van der Waals surface area contributed by atoms with E-state index < -0.39 is 11.7 Å². The molecule has 0 spiro atoms. The summed E-state index contributed by atoms with van der Waals surface area (Å²) in [6.07, 6.45) is 2.51. The summed E-state index contributed by atoms with van der Waals surface area (Å²) in [5.41, 5.74) is 1.23. The molecule has 0 atom stereocenters. The van der Waals surface area contributed by atoms with Gasteiger partial charge in [-0.25, -0.2) is 14.4 Å². The van der Waals surface area contributed by atoms with Crippen molar-refractivity contribution in [1.82, 2.24) is 9.97 Å². The van der Waals surface area contributed by atoms with Gasteiger partial charge in [-0.1, -0.05) is 22.5 Å². The second-order valence-electron chi connectivity index (χ2n) is 5.38. The van der Waals surface area contributed by atoms with Crippen LogP contribution < -0.4 is 15.4 Å². The van der Waals surface area contributed by atoms with E-state index in [-0.39, 0.29) is 12.3 Å². The summed E-state index contributed by atoms with van der Waals surface area (Å²) in [5, 5.41) is 6.21. The summed E-state index contributed by atoms with van der Waals surface area (Å²) in [6, 6.07) is 7.96. The quantitative estimate of drug-likeness (QED) is 0.559. The van der Waals surface area contributed by atoms with Gasteiger partial charge in [0.1, 0.15) is 23.7 Å².